The summed E-state index contributed by atoms with van der Waals surface area (Å²) in [5.74, 6) is 0.0127. The van der Waals surface area contributed by atoms with Gasteiger partial charge in [0.2, 0.25) is 0 Å². The zero-order chi connectivity index (χ0) is 12.1. The molecule has 0 aliphatic rings. The largest absolute Gasteiger partial charge is 0.350 e. The van der Waals surface area contributed by atoms with Gasteiger partial charge in [-0.3, -0.25) is 4.79 Å². The van der Waals surface area contributed by atoms with E-state index in [1.54, 1.807) is 0 Å². The van der Waals surface area contributed by atoms with Crippen molar-refractivity contribution in [1.82, 2.24) is 5.32 Å². The zero-order valence-corrected chi connectivity index (χ0v) is 11.5. The number of alkyl halides is 1. The van der Waals surface area contributed by atoms with Crippen molar-refractivity contribution >= 4 is 21.8 Å². The Kier molecular flexibility index (Phi) is 5.00. The third kappa shape index (κ3) is 3.97. The van der Waals surface area contributed by atoms with E-state index in [2.05, 4.69) is 28.2 Å². The summed E-state index contributed by atoms with van der Waals surface area (Å²) in [6, 6.07) is 7.82. The van der Waals surface area contributed by atoms with Crippen molar-refractivity contribution in [3.63, 3.8) is 0 Å². The molecule has 0 bridgehead atoms. The first kappa shape index (κ1) is 13.2. The van der Waals surface area contributed by atoms with Gasteiger partial charge in [0.1, 0.15) is 0 Å². The van der Waals surface area contributed by atoms with Crippen LogP contribution in [-0.4, -0.2) is 16.8 Å². The van der Waals surface area contributed by atoms with Gasteiger partial charge in [0.25, 0.3) is 5.91 Å². The fraction of sp³-hybridized carbons (Fsp3) is 0.462. The Morgan fingerprint density at radius 3 is 2.56 bits per heavy atom. The van der Waals surface area contributed by atoms with Crippen LogP contribution < -0.4 is 5.32 Å². The molecule has 0 aromatic heterocycles. The molecule has 0 spiro atoms. The van der Waals surface area contributed by atoms with E-state index in [9.17, 15) is 4.79 Å². The molecule has 1 rings (SSSR count). The number of amides is 1. The highest BCUT2D eigenvalue weighted by Gasteiger charge is 2.12. The first-order valence-corrected chi connectivity index (χ1v) is 6.43. The van der Waals surface area contributed by atoms with Crippen molar-refractivity contribution in [2.24, 2.45) is 0 Å². The van der Waals surface area contributed by atoms with Crippen LogP contribution >= 0.6 is 15.9 Å². The summed E-state index contributed by atoms with van der Waals surface area (Å²) in [6.45, 7) is 6.05. The van der Waals surface area contributed by atoms with E-state index in [1.165, 1.54) is 0 Å². The molecule has 2 unspecified atom stereocenters. The molecular formula is C13H18BrNO. The van der Waals surface area contributed by atoms with Gasteiger partial charge in [0.05, 0.1) is 0 Å². The van der Waals surface area contributed by atoms with Crippen LogP contribution in [0.5, 0.6) is 0 Å². The molecular weight excluding hydrogens is 266 g/mol. The number of halogens is 1. The Bertz CT molecular complexity index is 363. The smallest absolute Gasteiger partial charge is 0.251 e. The van der Waals surface area contributed by atoms with Crippen molar-refractivity contribution in [2.45, 2.75) is 38.1 Å². The third-order valence-corrected chi connectivity index (χ3v) is 2.82. The Morgan fingerprint density at radius 1 is 1.38 bits per heavy atom. The highest BCUT2D eigenvalue weighted by molar-refractivity contribution is 9.09. The second-order valence-electron chi connectivity index (χ2n) is 4.21. The third-order valence-electron chi connectivity index (χ3n) is 2.45. The van der Waals surface area contributed by atoms with Crippen molar-refractivity contribution in [3.8, 4) is 0 Å². The molecule has 2 nitrogen and oxygen atoms in total. The van der Waals surface area contributed by atoms with E-state index in [0.717, 1.165) is 17.5 Å². The van der Waals surface area contributed by atoms with Crippen molar-refractivity contribution < 1.29 is 4.79 Å². The van der Waals surface area contributed by atoms with E-state index in [0.29, 0.717) is 4.83 Å². The number of benzene rings is 1. The second kappa shape index (κ2) is 6.04. The average molecular weight is 284 g/mol. The summed E-state index contributed by atoms with van der Waals surface area (Å²) < 4.78 is 0. The van der Waals surface area contributed by atoms with Crippen molar-refractivity contribution in [2.75, 3.05) is 0 Å². The average Bonchev–Trinajstić information content (AvgIpc) is 2.16. The Balaban J connectivity index is 2.63. The number of hydrogen-bond acceptors (Lipinski definition) is 1. The maximum Gasteiger partial charge on any atom is 0.251 e. The number of rotatable bonds is 4. The van der Waals surface area contributed by atoms with Gasteiger partial charge in [-0.2, -0.15) is 0 Å². The van der Waals surface area contributed by atoms with Crippen LogP contribution in [0.2, 0.25) is 0 Å². The molecule has 0 heterocycles. The van der Waals surface area contributed by atoms with Gasteiger partial charge in [0, 0.05) is 16.4 Å². The summed E-state index contributed by atoms with van der Waals surface area (Å²) in [5.41, 5.74) is 1.77. The van der Waals surface area contributed by atoms with E-state index >= 15 is 0 Å². The first-order valence-electron chi connectivity index (χ1n) is 5.51. The molecule has 3 heteroatoms. The quantitative estimate of drug-likeness (QED) is 0.845. The maximum atomic E-state index is 11.9. The molecule has 0 saturated carbocycles. The number of aryl methyl sites for hydroxylation is 1. The molecule has 0 aliphatic heterocycles. The summed E-state index contributed by atoms with van der Waals surface area (Å²) in [5, 5.41) is 3.00. The summed E-state index contributed by atoms with van der Waals surface area (Å²) in [7, 11) is 0. The minimum Gasteiger partial charge on any atom is -0.350 e. The van der Waals surface area contributed by atoms with Crippen LogP contribution in [-0.2, 0) is 0 Å². The standard InChI is InChI=1S/C13H18BrNO/c1-9-6-4-5-7-12(9)13(16)15-11(3)8-10(2)14/h4-7,10-11H,8H2,1-3H3,(H,15,16). The highest BCUT2D eigenvalue weighted by atomic mass is 79.9. The minimum absolute atomic E-state index is 0.0127. The lowest BCUT2D eigenvalue weighted by molar-refractivity contribution is 0.0938. The normalized spacial score (nSPS) is 14.2. The summed E-state index contributed by atoms with van der Waals surface area (Å²) in [4.78, 5) is 12.3. The molecule has 1 aromatic rings. The lowest BCUT2D eigenvalue weighted by Gasteiger charge is -2.15. The van der Waals surface area contributed by atoms with Crippen LogP contribution in [0.3, 0.4) is 0 Å². The Hall–Kier alpha value is -0.830. The van der Waals surface area contributed by atoms with E-state index < -0.39 is 0 Å². The second-order valence-corrected chi connectivity index (χ2v) is 5.77. The molecule has 0 saturated heterocycles. The number of carbonyl (C=O) groups excluding carboxylic acids is 1. The Morgan fingerprint density at radius 2 is 2.00 bits per heavy atom. The number of hydrogen-bond donors (Lipinski definition) is 1. The molecule has 1 aromatic carbocycles. The van der Waals surface area contributed by atoms with Crippen LogP contribution in [0, 0.1) is 6.92 Å². The minimum atomic E-state index is 0.0127. The predicted octanol–water partition coefficient (Wildman–Crippen LogP) is 3.29. The van der Waals surface area contributed by atoms with Crippen molar-refractivity contribution in [3.05, 3.63) is 35.4 Å². The molecule has 0 aliphatic carbocycles. The topological polar surface area (TPSA) is 29.1 Å². The molecule has 1 amide bonds. The Labute approximate surface area is 106 Å². The van der Waals surface area contributed by atoms with E-state index in [1.807, 2.05) is 38.1 Å². The molecule has 0 radical (unpaired) electrons. The highest BCUT2D eigenvalue weighted by Crippen LogP contribution is 2.10. The van der Waals surface area contributed by atoms with Gasteiger partial charge >= 0.3 is 0 Å². The number of carbonyl (C=O) groups is 1. The van der Waals surface area contributed by atoms with Gasteiger partial charge < -0.3 is 5.32 Å². The molecule has 88 valence electrons. The summed E-state index contributed by atoms with van der Waals surface area (Å²) in [6.07, 6.45) is 0.928. The lowest BCUT2D eigenvalue weighted by atomic mass is 10.1. The van der Waals surface area contributed by atoms with Crippen molar-refractivity contribution in [1.29, 1.82) is 0 Å². The van der Waals surface area contributed by atoms with Crippen LogP contribution in [0.25, 0.3) is 0 Å². The first-order chi connectivity index (χ1) is 7.50. The van der Waals surface area contributed by atoms with Gasteiger partial charge in [-0.15, -0.1) is 0 Å². The predicted molar refractivity (Wildman–Crippen MR) is 71.1 cm³/mol. The van der Waals surface area contributed by atoms with Gasteiger partial charge in [-0.1, -0.05) is 41.1 Å². The van der Waals surface area contributed by atoms with E-state index in [-0.39, 0.29) is 11.9 Å². The summed E-state index contributed by atoms with van der Waals surface area (Å²) >= 11 is 3.48. The van der Waals surface area contributed by atoms with E-state index in [4.69, 9.17) is 0 Å². The number of nitrogens with one attached hydrogen (secondary N) is 1. The molecule has 1 N–H and O–H groups in total. The van der Waals surface area contributed by atoms with Crippen LogP contribution in [0.4, 0.5) is 0 Å². The molecule has 16 heavy (non-hydrogen) atoms. The van der Waals surface area contributed by atoms with Gasteiger partial charge in [-0.25, -0.2) is 0 Å². The lowest BCUT2D eigenvalue weighted by Crippen LogP contribution is -2.34. The molecule has 0 fully saturated rings. The zero-order valence-electron chi connectivity index (χ0n) is 9.96. The van der Waals surface area contributed by atoms with Crippen LogP contribution in [0.1, 0.15) is 36.2 Å². The van der Waals surface area contributed by atoms with Gasteiger partial charge in [0.15, 0.2) is 0 Å². The van der Waals surface area contributed by atoms with Gasteiger partial charge in [-0.05, 0) is 31.9 Å². The fourth-order valence-electron chi connectivity index (χ4n) is 1.68. The maximum absolute atomic E-state index is 11.9. The van der Waals surface area contributed by atoms with Crippen LogP contribution in [0.15, 0.2) is 24.3 Å². The monoisotopic (exact) mass is 283 g/mol. The SMILES string of the molecule is Cc1ccccc1C(=O)NC(C)CC(C)Br. The molecule has 2 atom stereocenters. The fourth-order valence-corrected chi connectivity index (χ4v) is 2.24.